The summed E-state index contributed by atoms with van der Waals surface area (Å²) in [5.41, 5.74) is 1.15. The molecule has 0 fully saturated rings. The molecule has 0 nitrogen and oxygen atoms in total. The largest absolute Gasteiger partial charge is 0.0991 e. The van der Waals surface area contributed by atoms with E-state index in [-0.39, 0.29) is 0 Å². The third-order valence-corrected chi connectivity index (χ3v) is 2.36. The predicted molar refractivity (Wildman–Crippen MR) is 89.4 cm³/mol. The van der Waals surface area contributed by atoms with Gasteiger partial charge in [0.1, 0.15) is 0 Å². The van der Waals surface area contributed by atoms with Crippen LogP contribution in [0.25, 0.3) is 10.8 Å². The first-order valence-electron chi connectivity index (χ1n) is 6.63. The minimum absolute atomic E-state index is 1.15. The molecule has 0 aliphatic carbocycles. The quantitative estimate of drug-likeness (QED) is 0.560. The second-order valence-electron chi connectivity index (χ2n) is 3.70. The molecule has 0 aliphatic heterocycles. The molecule has 2 aromatic carbocycles. The van der Waals surface area contributed by atoms with Gasteiger partial charge in [-0.05, 0) is 17.7 Å². The molecule has 0 amide bonds. The van der Waals surface area contributed by atoms with Gasteiger partial charge < -0.3 is 0 Å². The highest BCUT2D eigenvalue weighted by Gasteiger charge is 1.85. The van der Waals surface area contributed by atoms with Gasteiger partial charge in [-0.15, -0.1) is 0 Å². The zero-order chi connectivity index (χ0) is 14.5. The summed E-state index contributed by atoms with van der Waals surface area (Å²) in [6.07, 6.45) is 5.45. The van der Waals surface area contributed by atoms with Gasteiger partial charge >= 0.3 is 0 Å². The lowest BCUT2D eigenvalue weighted by Gasteiger charge is -1.92. The van der Waals surface area contributed by atoms with Crippen molar-refractivity contribution in [3.8, 4) is 0 Å². The molecule has 0 saturated carbocycles. The molecule has 0 heterocycles. The van der Waals surface area contributed by atoms with Crippen molar-refractivity contribution in [2.24, 2.45) is 0 Å². The van der Waals surface area contributed by atoms with Gasteiger partial charge in [-0.25, -0.2) is 0 Å². The van der Waals surface area contributed by atoms with E-state index in [2.05, 4.69) is 61.7 Å². The van der Waals surface area contributed by atoms with Crippen LogP contribution >= 0.6 is 0 Å². The second-order valence-corrected chi connectivity index (χ2v) is 3.70. The molecule has 2 rings (SSSR count). The first-order valence-corrected chi connectivity index (χ1v) is 6.63. The predicted octanol–water partition coefficient (Wildman–Crippen LogP) is 6.17. The molecule has 0 N–H and O–H groups in total. The van der Waals surface area contributed by atoms with Gasteiger partial charge in [0.25, 0.3) is 0 Å². The average molecular weight is 252 g/mol. The lowest BCUT2D eigenvalue weighted by molar-refractivity contribution is 1.50. The van der Waals surface area contributed by atoms with Crippen LogP contribution in [0.5, 0.6) is 0 Å². The smallest absolute Gasteiger partial charge is 0.0184 e. The number of fused-ring (bicyclic) bond motifs is 1. The van der Waals surface area contributed by atoms with E-state index in [1.807, 2.05) is 26.8 Å². The fourth-order valence-corrected chi connectivity index (χ4v) is 1.39. The van der Waals surface area contributed by atoms with Crippen LogP contribution in [0.15, 0.2) is 85.5 Å². The zero-order valence-corrected chi connectivity index (χ0v) is 12.3. The Morgan fingerprint density at radius 1 is 0.842 bits per heavy atom. The normalized spacial score (nSPS) is 9.53. The fraction of sp³-hybridized carbons (Fsp3) is 0.158. The topological polar surface area (TPSA) is 0 Å². The van der Waals surface area contributed by atoms with Gasteiger partial charge in [0.2, 0.25) is 0 Å². The molecule has 0 aliphatic rings. The lowest BCUT2D eigenvalue weighted by Crippen LogP contribution is -1.67. The standard InChI is InChI=1S/C10H8.C7H10.C2H6/c1-2-6-10-8-4-3-7-9(10)5-1;1-4-6-7(3)5-2;1-2/h1-8H;4-6H,1-2H2,3H3;1-2H3/b;7-6-;. The summed E-state index contributed by atoms with van der Waals surface area (Å²) in [7, 11) is 0. The highest BCUT2D eigenvalue weighted by Crippen LogP contribution is 2.11. The average Bonchev–Trinajstić information content (AvgIpc) is 2.50. The van der Waals surface area contributed by atoms with Gasteiger partial charge in [-0.3, -0.25) is 0 Å². The van der Waals surface area contributed by atoms with E-state index in [4.69, 9.17) is 0 Å². The Balaban J connectivity index is 0.000000321. The fourth-order valence-electron chi connectivity index (χ4n) is 1.39. The summed E-state index contributed by atoms with van der Waals surface area (Å²) in [6.45, 7) is 13.1. The number of hydrogen-bond donors (Lipinski definition) is 0. The molecule has 19 heavy (non-hydrogen) atoms. The van der Waals surface area contributed by atoms with E-state index in [0.717, 1.165) is 5.57 Å². The van der Waals surface area contributed by atoms with Crippen LogP contribution in [0.3, 0.4) is 0 Å². The minimum atomic E-state index is 1.15. The molecule has 0 aromatic heterocycles. The van der Waals surface area contributed by atoms with Crippen LogP contribution in [0.1, 0.15) is 20.8 Å². The van der Waals surface area contributed by atoms with Crippen molar-refractivity contribution in [1.82, 2.24) is 0 Å². The maximum Gasteiger partial charge on any atom is -0.0184 e. The van der Waals surface area contributed by atoms with E-state index in [1.54, 1.807) is 12.2 Å². The molecule has 0 saturated heterocycles. The summed E-state index contributed by atoms with van der Waals surface area (Å²) < 4.78 is 0. The maximum atomic E-state index is 3.56. The monoisotopic (exact) mass is 252 g/mol. The van der Waals surface area contributed by atoms with Gasteiger partial charge in [-0.1, -0.05) is 99.3 Å². The summed E-state index contributed by atoms with van der Waals surface area (Å²) in [6, 6.07) is 16.7. The highest BCUT2D eigenvalue weighted by molar-refractivity contribution is 5.81. The third kappa shape index (κ3) is 7.05. The molecule has 0 radical (unpaired) electrons. The third-order valence-electron chi connectivity index (χ3n) is 2.36. The van der Waals surface area contributed by atoms with Crippen LogP contribution < -0.4 is 0 Å². The van der Waals surface area contributed by atoms with Crippen molar-refractivity contribution in [3.05, 3.63) is 85.5 Å². The first kappa shape index (κ1) is 16.9. The van der Waals surface area contributed by atoms with Crippen molar-refractivity contribution >= 4 is 10.8 Å². The highest BCUT2D eigenvalue weighted by atomic mass is 13.9. The Bertz CT molecular complexity index is 453. The van der Waals surface area contributed by atoms with E-state index in [1.165, 1.54) is 10.8 Å². The Morgan fingerprint density at radius 2 is 1.21 bits per heavy atom. The second kappa shape index (κ2) is 11.0. The maximum absolute atomic E-state index is 3.56. The molecular formula is C19H24. The van der Waals surface area contributed by atoms with Crippen molar-refractivity contribution in [2.75, 3.05) is 0 Å². The molecule has 0 bridgehead atoms. The van der Waals surface area contributed by atoms with Crippen LogP contribution in [0.2, 0.25) is 0 Å². The summed E-state index contributed by atoms with van der Waals surface area (Å²) in [4.78, 5) is 0. The number of hydrogen-bond acceptors (Lipinski definition) is 0. The van der Waals surface area contributed by atoms with E-state index in [9.17, 15) is 0 Å². The Hall–Kier alpha value is -2.08. The van der Waals surface area contributed by atoms with Crippen molar-refractivity contribution in [1.29, 1.82) is 0 Å². The van der Waals surface area contributed by atoms with Crippen LogP contribution in [-0.2, 0) is 0 Å². The zero-order valence-electron chi connectivity index (χ0n) is 12.3. The SMILES string of the molecule is C=C/C=C(/C)C=C.CC.c1ccc2ccccc2c1. The minimum Gasteiger partial charge on any atom is -0.0991 e. The Labute approximate surface area is 117 Å². The Morgan fingerprint density at radius 3 is 1.42 bits per heavy atom. The van der Waals surface area contributed by atoms with E-state index >= 15 is 0 Å². The van der Waals surface area contributed by atoms with Crippen molar-refractivity contribution < 1.29 is 0 Å². The molecule has 0 atom stereocenters. The van der Waals surface area contributed by atoms with Gasteiger partial charge in [0.05, 0.1) is 0 Å². The van der Waals surface area contributed by atoms with Gasteiger partial charge in [0.15, 0.2) is 0 Å². The number of rotatable bonds is 2. The first-order chi connectivity index (χ1) is 9.27. The summed E-state index contributed by atoms with van der Waals surface area (Å²) >= 11 is 0. The van der Waals surface area contributed by atoms with E-state index in [0.29, 0.717) is 0 Å². The molecule has 0 unspecified atom stereocenters. The van der Waals surface area contributed by atoms with E-state index < -0.39 is 0 Å². The van der Waals surface area contributed by atoms with Gasteiger partial charge in [0, 0.05) is 0 Å². The number of allylic oxidation sites excluding steroid dienone is 4. The summed E-state index contributed by atoms with van der Waals surface area (Å²) in [5, 5.41) is 2.62. The van der Waals surface area contributed by atoms with Crippen LogP contribution in [-0.4, -0.2) is 0 Å². The molecule has 0 spiro atoms. The molecule has 100 valence electrons. The summed E-state index contributed by atoms with van der Waals surface area (Å²) in [5.74, 6) is 0. The Kier molecular flexibility index (Phi) is 9.83. The van der Waals surface area contributed by atoms with Crippen molar-refractivity contribution in [3.63, 3.8) is 0 Å². The molecule has 2 aromatic rings. The van der Waals surface area contributed by atoms with Crippen LogP contribution in [0, 0.1) is 0 Å². The number of benzene rings is 2. The lowest BCUT2D eigenvalue weighted by atomic mass is 10.1. The van der Waals surface area contributed by atoms with Crippen molar-refractivity contribution in [2.45, 2.75) is 20.8 Å². The molecule has 0 heteroatoms. The van der Waals surface area contributed by atoms with Gasteiger partial charge in [-0.2, -0.15) is 0 Å². The van der Waals surface area contributed by atoms with Crippen LogP contribution in [0.4, 0.5) is 0 Å². The molecular weight excluding hydrogens is 228 g/mol.